The monoisotopic (exact) mass is 397 g/mol. The normalized spacial score (nSPS) is 10.9. The second-order valence-electron chi connectivity index (χ2n) is 7.76. The lowest BCUT2D eigenvalue weighted by molar-refractivity contribution is 0.0988. The van der Waals surface area contributed by atoms with Crippen LogP contribution < -0.4 is 5.32 Å². The Morgan fingerprint density at radius 1 is 1.10 bits per heavy atom. The van der Waals surface area contributed by atoms with Gasteiger partial charge in [-0.2, -0.15) is 5.26 Å². The Morgan fingerprint density at radius 2 is 1.90 bits per heavy atom. The maximum absolute atomic E-state index is 12.8. The first-order chi connectivity index (χ1) is 14.3. The molecule has 5 nitrogen and oxygen atoms in total. The molecule has 150 valence electrons. The van der Waals surface area contributed by atoms with Crippen LogP contribution in [0.4, 0.5) is 5.69 Å². The van der Waals surface area contributed by atoms with Crippen LogP contribution in [0, 0.1) is 18.3 Å². The smallest absolute Gasteiger partial charge is 0.255 e. The standard InChI is InChI=1S/C25H23N3O2/c1-17-9-10-18(12-22(17)24(30)28-21-8-5-11-27-15-21)13-23(29)19-6-4-7-20(14-19)25(2,3)16-26/h4-12,14-15H,13H2,1-3H3,(H,28,30). The Hall–Kier alpha value is -3.78. The van der Waals surface area contributed by atoms with Crippen LogP contribution in [-0.2, 0) is 11.8 Å². The van der Waals surface area contributed by atoms with Gasteiger partial charge in [0.25, 0.3) is 5.91 Å². The molecule has 0 spiro atoms. The van der Waals surface area contributed by atoms with Crippen LogP contribution in [0.3, 0.4) is 0 Å². The average molecular weight is 397 g/mol. The number of carbonyl (C=O) groups excluding carboxylic acids is 2. The number of aromatic nitrogens is 1. The summed E-state index contributed by atoms with van der Waals surface area (Å²) < 4.78 is 0. The molecule has 1 aromatic heterocycles. The highest BCUT2D eigenvalue weighted by Gasteiger charge is 2.21. The maximum atomic E-state index is 12.8. The van der Waals surface area contributed by atoms with E-state index < -0.39 is 5.41 Å². The van der Waals surface area contributed by atoms with Gasteiger partial charge in [-0.15, -0.1) is 0 Å². The molecule has 1 N–H and O–H groups in total. The van der Waals surface area contributed by atoms with Crippen molar-refractivity contribution in [2.24, 2.45) is 0 Å². The molecule has 30 heavy (non-hydrogen) atoms. The summed E-state index contributed by atoms with van der Waals surface area (Å²) in [6.07, 6.45) is 3.39. The van der Waals surface area contributed by atoms with Crippen molar-refractivity contribution < 1.29 is 9.59 Å². The van der Waals surface area contributed by atoms with E-state index in [1.165, 1.54) is 0 Å². The van der Waals surface area contributed by atoms with Crippen molar-refractivity contribution in [2.45, 2.75) is 32.6 Å². The zero-order valence-electron chi connectivity index (χ0n) is 17.3. The van der Waals surface area contributed by atoms with Gasteiger partial charge in [0.05, 0.1) is 23.4 Å². The molecule has 0 saturated carbocycles. The molecule has 1 amide bonds. The van der Waals surface area contributed by atoms with Crippen molar-refractivity contribution in [3.63, 3.8) is 0 Å². The van der Waals surface area contributed by atoms with Crippen LogP contribution in [-0.4, -0.2) is 16.7 Å². The zero-order chi connectivity index (χ0) is 21.7. The molecule has 0 aliphatic rings. The third-order valence-corrected chi connectivity index (χ3v) is 5.02. The van der Waals surface area contributed by atoms with Crippen molar-refractivity contribution in [1.82, 2.24) is 4.98 Å². The maximum Gasteiger partial charge on any atom is 0.255 e. The van der Waals surface area contributed by atoms with Gasteiger partial charge in [0.1, 0.15) is 0 Å². The van der Waals surface area contributed by atoms with E-state index in [-0.39, 0.29) is 18.1 Å². The summed E-state index contributed by atoms with van der Waals surface area (Å²) >= 11 is 0. The summed E-state index contributed by atoms with van der Waals surface area (Å²) in [5.74, 6) is -0.305. The lowest BCUT2D eigenvalue weighted by Crippen LogP contribution is -2.16. The van der Waals surface area contributed by atoms with Crippen molar-refractivity contribution >= 4 is 17.4 Å². The van der Waals surface area contributed by atoms with Crippen molar-refractivity contribution in [3.8, 4) is 6.07 Å². The van der Waals surface area contributed by atoms with Gasteiger partial charge in [0.15, 0.2) is 5.78 Å². The van der Waals surface area contributed by atoms with Gasteiger partial charge in [-0.1, -0.05) is 30.3 Å². The summed E-state index contributed by atoms with van der Waals surface area (Å²) in [5.41, 5.74) is 3.40. The molecule has 5 heteroatoms. The van der Waals surface area contributed by atoms with E-state index in [1.807, 2.05) is 39.0 Å². The van der Waals surface area contributed by atoms with Crippen LogP contribution in [0.5, 0.6) is 0 Å². The van der Waals surface area contributed by atoms with Crippen molar-refractivity contribution in [2.75, 3.05) is 5.32 Å². The van der Waals surface area contributed by atoms with Crippen LogP contribution in [0.2, 0.25) is 0 Å². The van der Waals surface area contributed by atoms with E-state index in [9.17, 15) is 14.9 Å². The SMILES string of the molecule is Cc1ccc(CC(=O)c2cccc(C(C)(C)C#N)c2)cc1C(=O)Nc1cccnc1. The van der Waals surface area contributed by atoms with Crippen LogP contribution in [0.15, 0.2) is 67.0 Å². The Kier molecular flexibility index (Phi) is 6.08. The van der Waals surface area contributed by atoms with Gasteiger partial charge in [-0.05, 0) is 61.7 Å². The summed E-state index contributed by atoms with van der Waals surface area (Å²) in [7, 11) is 0. The number of carbonyl (C=O) groups is 2. The van der Waals surface area contributed by atoms with Crippen LogP contribution in [0.1, 0.15) is 51.3 Å². The molecule has 0 radical (unpaired) electrons. The van der Waals surface area contributed by atoms with Crippen molar-refractivity contribution in [3.05, 3.63) is 94.8 Å². The number of nitriles is 1. The Bertz CT molecular complexity index is 1130. The number of nitrogens with one attached hydrogen (secondary N) is 1. The van der Waals surface area contributed by atoms with E-state index in [1.54, 1.807) is 48.8 Å². The first-order valence-corrected chi connectivity index (χ1v) is 9.66. The third kappa shape index (κ3) is 4.79. The number of amides is 1. The Morgan fingerprint density at radius 3 is 2.60 bits per heavy atom. The van der Waals surface area contributed by atoms with Crippen LogP contribution in [0.25, 0.3) is 0 Å². The van der Waals surface area contributed by atoms with Gasteiger partial charge in [-0.3, -0.25) is 14.6 Å². The number of aryl methyl sites for hydroxylation is 1. The molecule has 3 aromatic rings. The van der Waals surface area contributed by atoms with E-state index in [4.69, 9.17) is 0 Å². The quantitative estimate of drug-likeness (QED) is 0.602. The van der Waals surface area contributed by atoms with E-state index >= 15 is 0 Å². The van der Waals surface area contributed by atoms with E-state index in [0.717, 1.165) is 16.7 Å². The van der Waals surface area contributed by atoms with Gasteiger partial charge in [0, 0.05) is 23.7 Å². The predicted octanol–water partition coefficient (Wildman–Crippen LogP) is 4.87. The second-order valence-corrected chi connectivity index (χ2v) is 7.76. The molecule has 0 saturated heterocycles. The molecule has 1 heterocycles. The minimum atomic E-state index is -0.669. The Balaban J connectivity index is 1.80. The molecule has 0 atom stereocenters. The number of hydrogen-bond acceptors (Lipinski definition) is 4. The van der Waals surface area contributed by atoms with E-state index in [2.05, 4.69) is 16.4 Å². The number of Topliss-reactive ketones (excluding diaryl/α,β-unsaturated/α-hetero) is 1. The summed E-state index contributed by atoms with van der Waals surface area (Å²) in [4.78, 5) is 29.5. The molecular formula is C25H23N3O2. The van der Waals surface area contributed by atoms with Gasteiger partial charge < -0.3 is 5.32 Å². The van der Waals surface area contributed by atoms with Crippen molar-refractivity contribution in [1.29, 1.82) is 5.26 Å². The average Bonchev–Trinajstić information content (AvgIpc) is 2.75. The minimum absolute atomic E-state index is 0.0620. The molecule has 0 bridgehead atoms. The molecule has 3 rings (SSSR count). The minimum Gasteiger partial charge on any atom is -0.321 e. The van der Waals surface area contributed by atoms with E-state index in [0.29, 0.717) is 16.8 Å². The van der Waals surface area contributed by atoms with Gasteiger partial charge in [0.2, 0.25) is 0 Å². The summed E-state index contributed by atoms with van der Waals surface area (Å²) in [5, 5.41) is 12.2. The largest absolute Gasteiger partial charge is 0.321 e. The zero-order valence-corrected chi connectivity index (χ0v) is 17.3. The lowest BCUT2D eigenvalue weighted by atomic mass is 9.85. The highest BCUT2D eigenvalue weighted by atomic mass is 16.1. The molecule has 0 fully saturated rings. The highest BCUT2D eigenvalue weighted by Crippen LogP contribution is 2.24. The topological polar surface area (TPSA) is 82.8 Å². The van der Waals surface area contributed by atoms with Gasteiger partial charge >= 0.3 is 0 Å². The lowest BCUT2D eigenvalue weighted by Gasteiger charge is -2.16. The molecule has 0 unspecified atom stereocenters. The number of pyridine rings is 1. The number of anilines is 1. The first-order valence-electron chi connectivity index (χ1n) is 9.66. The predicted molar refractivity (Wildman–Crippen MR) is 116 cm³/mol. The highest BCUT2D eigenvalue weighted by molar-refractivity contribution is 6.05. The molecule has 0 aliphatic carbocycles. The van der Waals surface area contributed by atoms with Crippen LogP contribution >= 0.6 is 0 Å². The third-order valence-electron chi connectivity index (χ3n) is 5.02. The number of ketones is 1. The molecule has 0 aliphatic heterocycles. The summed E-state index contributed by atoms with van der Waals surface area (Å²) in [6.45, 7) is 5.50. The molecular weight excluding hydrogens is 374 g/mol. The second kappa shape index (κ2) is 8.71. The molecule has 2 aromatic carbocycles. The fourth-order valence-electron chi connectivity index (χ4n) is 3.09. The number of hydrogen-bond donors (Lipinski definition) is 1. The van der Waals surface area contributed by atoms with Gasteiger partial charge in [-0.25, -0.2) is 0 Å². The summed E-state index contributed by atoms with van der Waals surface area (Å²) in [6, 6.07) is 18.4. The Labute approximate surface area is 176 Å². The number of rotatable bonds is 6. The fourth-order valence-corrected chi connectivity index (χ4v) is 3.09. The number of nitrogens with zero attached hydrogens (tertiary/aromatic N) is 2. The fraction of sp³-hybridized carbons (Fsp3) is 0.200. The first kappa shape index (κ1) is 20.9. The number of benzene rings is 2.